The number of para-hydroxylation sites is 1. The minimum Gasteiger partial charge on any atom is -0.492 e. The van der Waals surface area contributed by atoms with Crippen molar-refractivity contribution in [3.05, 3.63) is 57.2 Å². The second-order valence-corrected chi connectivity index (χ2v) is 6.20. The Kier molecular flexibility index (Phi) is 5.55. The summed E-state index contributed by atoms with van der Waals surface area (Å²) in [5.41, 5.74) is -0.657. The maximum Gasteiger partial charge on any atom is 0.329 e. The third-order valence-electron chi connectivity index (χ3n) is 4.48. The number of rotatable bonds is 5. The van der Waals surface area contributed by atoms with Gasteiger partial charge in [-0.05, 0) is 18.6 Å². The van der Waals surface area contributed by atoms with Crippen molar-refractivity contribution in [2.45, 2.75) is 6.42 Å². The fourth-order valence-corrected chi connectivity index (χ4v) is 2.96. The number of nitrogens with one attached hydrogen (secondary N) is 1. The van der Waals surface area contributed by atoms with Crippen molar-refractivity contribution < 1.29 is 4.74 Å². The predicted molar refractivity (Wildman–Crippen MR) is 97.5 cm³/mol. The summed E-state index contributed by atoms with van der Waals surface area (Å²) in [6.07, 6.45) is 0.975. The van der Waals surface area contributed by atoms with Crippen LogP contribution in [-0.2, 0) is 7.05 Å². The van der Waals surface area contributed by atoms with Gasteiger partial charge in [0.15, 0.2) is 0 Å². The maximum atomic E-state index is 11.8. The molecule has 7 nitrogen and oxygen atoms in total. The first kappa shape index (κ1) is 17.3. The lowest BCUT2D eigenvalue weighted by Crippen LogP contribution is -2.37. The summed E-state index contributed by atoms with van der Waals surface area (Å²) in [6.45, 7) is 4.94. The minimum atomic E-state index is -0.375. The molecule has 0 spiro atoms. The number of nitrogens with zero attached hydrogens (tertiary/aromatic N) is 3. The largest absolute Gasteiger partial charge is 0.492 e. The molecule has 1 N–H and O–H groups in total. The Morgan fingerprint density at radius 2 is 1.88 bits per heavy atom. The summed E-state index contributed by atoms with van der Waals surface area (Å²) in [6, 6.07) is 11.3. The summed E-state index contributed by atoms with van der Waals surface area (Å²) in [4.78, 5) is 30.8. The Balaban J connectivity index is 1.54. The zero-order chi connectivity index (χ0) is 17.6. The predicted octanol–water partition coefficient (Wildman–Crippen LogP) is 0.665. The fourth-order valence-electron chi connectivity index (χ4n) is 2.96. The van der Waals surface area contributed by atoms with Crippen LogP contribution in [0.2, 0.25) is 0 Å². The molecular formula is C18H24N4O3. The van der Waals surface area contributed by atoms with Gasteiger partial charge in [-0.2, -0.15) is 0 Å². The van der Waals surface area contributed by atoms with Gasteiger partial charge in [0.1, 0.15) is 18.2 Å². The third-order valence-corrected chi connectivity index (χ3v) is 4.48. The van der Waals surface area contributed by atoms with Crippen molar-refractivity contribution >= 4 is 5.82 Å². The van der Waals surface area contributed by atoms with Gasteiger partial charge in [0.2, 0.25) is 0 Å². The van der Waals surface area contributed by atoms with Gasteiger partial charge in [0.05, 0.1) is 0 Å². The van der Waals surface area contributed by atoms with Crippen molar-refractivity contribution in [3.63, 3.8) is 0 Å². The fraction of sp³-hybridized carbons (Fsp3) is 0.444. The summed E-state index contributed by atoms with van der Waals surface area (Å²) in [5, 5.41) is 0. The maximum absolute atomic E-state index is 11.8. The van der Waals surface area contributed by atoms with Crippen LogP contribution in [0.4, 0.5) is 5.82 Å². The highest BCUT2D eigenvalue weighted by atomic mass is 16.5. The van der Waals surface area contributed by atoms with Gasteiger partial charge >= 0.3 is 5.69 Å². The van der Waals surface area contributed by atoms with Gasteiger partial charge < -0.3 is 9.64 Å². The quantitative estimate of drug-likeness (QED) is 0.863. The summed E-state index contributed by atoms with van der Waals surface area (Å²) < 4.78 is 6.84. The first-order valence-electron chi connectivity index (χ1n) is 8.59. The van der Waals surface area contributed by atoms with Gasteiger partial charge in [0.25, 0.3) is 5.56 Å². The molecule has 25 heavy (non-hydrogen) atoms. The summed E-state index contributed by atoms with van der Waals surface area (Å²) >= 11 is 0. The number of aromatic nitrogens is 2. The molecule has 1 aromatic heterocycles. The van der Waals surface area contributed by atoms with E-state index in [9.17, 15) is 9.59 Å². The number of hydrogen-bond acceptors (Lipinski definition) is 5. The van der Waals surface area contributed by atoms with Crippen molar-refractivity contribution in [1.29, 1.82) is 0 Å². The van der Waals surface area contributed by atoms with Crippen molar-refractivity contribution in [3.8, 4) is 5.75 Å². The Morgan fingerprint density at radius 3 is 2.64 bits per heavy atom. The van der Waals surface area contributed by atoms with Crippen molar-refractivity contribution in [2.24, 2.45) is 7.05 Å². The van der Waals surface area contributed by atoms with E-state index < -0.39 is 0 Å². The lowest BCUT2D eigenvalue weighted by Gasteiger charge is -2.23. The molecule has 0 amide bonds. The van der Waals surface area contributed by atoms with Crippen LogP contribution in [-0.4, -0.2) is 53.8 Å². The molecule has 1 aromatic carbocycles. The number of ether oxygens (including phenoxy) is 1. The van der Waals surface area contributed by atoms with E-state index in [0.29, 0.717) is 12.4 Å². The summed E-state index contributed by atoms with van der Waals surface area (Å²) in [5.74, 6) is 1.49. The molecule has 2 aromatic rings. The molecule has 0 atom stereocenters. The van der Waals surface area contributed by atoms with Crippen LogP contribution in [0, 0.1) is 0 Å². The molecule has 0 aliphatic carbocycles. The first-order valence-corrected chi connectivity index (χ1v) is 8.59. The second-order valence-electron chi connectivity index (χ2n) is 6.20. The van der Waals surface area contributed by atoms with E-state index in [1.165, 1.54) is 13.1 Å². The Bertz CT molecular complexity index is 769. The molecular weight excluding hydrogens is 320 g/mol. The number of benzene rings is 1. The van der Waals surface area contributed by atoms with E-state index in [0.717, 1.165) is 49.5 Å². The standard InChI is InChI=1S/C18H24N4O3/c1-20-17(23)14-16(19-18(20)24)22-9-5-8-21(10-11-22)12-13-25-15-6-3-2-4-7-15/h2-4,6-7,14H,5,8-13H2,1H3,(H,19,24). The molecule has 1 fully saturated rings. The number of hydrogen-bond donors (Lipinski definition) is 1. The molecule has 134 valence electrons. The molecule has 2 heterocycles. The first-order chi connectivity index (χ1) is 12.1. The summed E-state index contributed by atoms with van der Waals surface area (Å²) in [7, 11) is 1.47. The number of anilines is 1. The van der Waals surface area contributed by atoms with Gasteiger partial charge in [-0.25, -0.2) is 4.79 Å². The van der Waals surface area contributed by atoms with Crippen LogP contribution in [0.15, 0.2) is 46.0 Å². The smallest absolute Gasteiger partial charge is 0.329 e. The van der Waals surface area contributed by atoms with Crippen molar-refractivity contribution in [1.82, 2.24) is 14.5 Å². The molecule has 1 saturated heterocycles. The number of H-pyrrole nitrogens is 1. The van der Waals surface area contributed by atoms with Crippen LogP contribution in [0.1, 0.15) is 6.42 Å². The lowest BCUT2D eigenvalue weighted by molar-refractivity contribution is 0.218. The molecule has 0 radical (unpaired) electrons. The van der Waals surface area contributed by atoms with E-state index in [1.54, 1.807) is 0 Å². The highest BCUT2D eigenvalue weighted by molar-refractivity contribution is 5.36. The highest BCUT2D eigenvalue weighted by Crippen LogP contribution is 2.11. The van der Waals surface area contributed by atoms with Crippen LogP contribution in [0.3, 0.4) is 0 Å². The van der Waals surface area contributed by atoms with E-state index in [2.05, 4.69) is 14.8 Å². The molecule has 0 bridgehead atoms. The molecule has 7 heteroatoms. The van der Waals surface area contributed by atoms with Crippen molar-refractivity contribution in [2.75, 3.05) is 44.2 Å². The zero-order valence-electron chi connectivity index (χ0n) is 14.5. The van der Waals surface area contributed by atoms with E-state index >= 15 is 0 Å². The normalized spacial score (nSPS) is 15.8. The molecule has 1 aliphatic heterocycles. The van der Waals surface area contributed by atoms with E-state index in [4.69, 9.17) is 4.74 Å². The number of aromatic amines is 1. The molecule has 3 rings (SSSR count). The van der Waals surface area contributed by atoms with Crippen LogP contribution < -0.4 is 20.9 Å². The van der Waals surface area contributed by atoms with Gasteiger partial charge in [0, 0.05) is 45.8 Å². The molecule has 0 unspecified atom stereocenters. The highest BCUT2D eigenvalue weighted by Gasteiger charge is 2.16. The second kappa shape index (κ2) is 8.02. The van der Waals surface area contributed by atoms with Crippen LogP contribution >= 0.6 is 0 Å². The Hall–Kier alpha value is -2.54. The van der Waals surface area contributed by atoms with E-state index in [-0.39, 0.29) is 11.2 Å². The third kappa shape index (κ3) is 4.51. The van der Waals surface area contributed by atoms with Gasteiger partial charge in [-0.15, -0.1) is 0 Å². The lowest BCUT2D eigenvalue weighted by atomic mass is 10.3. The van der Waals surface area contributed by atoms with Crippen LogP contribution in [0.5, 0.6) is 5.75 Å². The van der Waals surface area contributed by atoms with Gasteiger partial charge in [-0.3, -0.25) is 19.2 Å². The van der Waals surface area contributed by atoms with E-state index in [1.807, 2.05) is 30.3 Å². The monoisotopic (exact) mass is 344 g/mol. The average Bonchev–Trinajstić information content (AvgIpc) is 2.86. The zero-order valence-corrected chi connectivity index (χ0v) is 14.5. The Morgan fingerprint density at radius 1 is 1.08 bits per heavy atom. The molecule has 0 saturated carbocycles. The average molecular weight is 344 g/mol. The topological polar surface area (TPSA) is 70.6 Å². The Labute approximate surface area is 146 Å². The van der Waals surface area contributed by atoms with Gasteiger partial charge in [-0.1, -0.05) is 18.2 Å². The molecule has 1 aliphatic rings. The minimum absolute atomic E-state index is 0.281. The SMILES string of the molecule is Cn1c(=O)cc(N2CCCN(CCOc3ccccc3)CC2)[nH]c1=O. The van der Waals surface area contributed by atoms with Crippen LogP contribution in [0.25, 0.3) is 0 Å².